The van der Waals surface area contributed by atoms with Crippen molar-refractivity contribution in [2.45, 2.75) is 13.3 Å². The van der Waals surface area contributed by atoms with Crippen LogP contribution in [0.3, 0.4) is 0 Å². The lowest BCUT2D eigenvalue weighted by atomic mass is 10.1. The zero-order valence-electron chi connectivity index (χ0n) is 7.66. The number of alkyl halides is 1. The van der Waals surface area contributed by atoms with E-state index in [0.717, 1.165) is 12.2 Å². The van der Waals surface area contributed by atoms with Crippen molar-refractivity contribution in [3.63, 3.8) is 0 Å². The normalized spacial score (nSPS) is 12.7. The standard InChI is InChI=1S/C9H11FO4/c1-6(8(11)12)2-3-7(4-5-10)9(13)14/h2-3H,4-5H2,1H3,(H,11,12)(H,13,14). The topological polar surface area (TPSA) is 74.6 Å². The zero-order chi connectivity index (χ0) is 11.1. The van der Waals surface area contributed by atoms with Crippen LogP contribution in [0, 0.1) is 0 Å². The monoisotopic (exact) mass is 202 g/mol. The van der Waals surface area contributed by atoms with Crippen molar-refractivity contribution in [1.82, 2.24) is 0 Å². The minimum atomic E-state index is -1.24. The first-order valence-corrected chi connectivity index (χ1v) is 3.89. The van der Waals surface area contributed by atoms with Gasteiger partial charge in [-0.05, 0) is 6.92 Å². The molecule has 0 atom stereocenters. The highest BCUT2D eigenvalue weighted by atomic mass is 19.1. The van der Waals surface area contributed by atoms with Crippen molar-refractivity contribution in [3.8, 4) is 0 Å². The molecule has 0 aliphatic heterocycles. The van der Waals surface area contributed by atoms with Crippen LogP contribution in [0.4, 0.5) is 4.39 Å². The van der Waals surface area contributed by atoms with E-state index in [1.165, 1.54) is 6.92 Å². The van der Waals surface area contributed by atoms with Gasteiger partial charge in [-0.15, -0.1) is 0 Å². The summed E-state index contributed by atoms with van der Waals surface area (Å²) in [6.07, 6.45) is 2.02. The van der Waals surface area contributed by atoms with Gasteiger partial charge >= 0.3 is 11.9 Å². The van der Waals surface area contributed by atoms with Gasteiger partial charge < -0.3 is 10.2 Å². The molecule has 0 saturated heterocycles. The number of aliphatic carboxylic acids is 2. The Morgan fingerprint density at radius 2 is 1.79 bits per heavy atom. The average molecular weight is 202 g/mol. The molecule has 0 aliphatic rings. The minimum Gasteiger partial charge on any atom is -0.478 e. The van der Waals surface area contributed by atoms with Crippen molar-refractivity contribution in [2.24, 2.45) is 0 Å². The van der Waals surface area contributed by atoms with Crippen molar-refractivity contribution >= 4 is 11.9 Å². The Hall–Kier alpha value is -1.65. The van der Waals surface area contributed by atoms with E-state index in [4.69, 9.17) is 10.2 Å². The molecule has 0 aromatic heterocycles. The molecule has 0 unspecified atom stereocenters. The number of carboxylic acids is 2. The SMILES string of the molecule is CC(=CC=C(CCF)C(=O)O)C(=O)O. The van der Waals surface area contributed by atoms with Gasteiger partial charge in [0.2, 0.25) is 0 Å². The summed E-state index contributed by atoms with van der Waals surface area (Å²) >= 11 is 0. The first-order chi connectivity index (χ1) is 6.49. The molecular formula is C9H11FO4. The van der Waals surface area contributed by atoms with Gasteiger partial charge in [-0.2, -0.15) is 0 Å². The van der Waals surface area contributed by atoms with Gasteiger partial charge in [0.05, 0.1) is 6.67 Å². The fraction of sp³-hybridized carbons (Fsp3) is 0.333. The highest BCUT2D eigenvalue weighted by Crippen LogP contribution is 2.04. The van der Waals surface area contributed by atoms with Crippen LogP contribution in [0.5, 0.6) is 0 Å². The number of halogens is 1. The molecule has 0 aromatic carbocycles. The molecular weight excluding hydrogens is 191 g/mol. The second-order valence-electron chi connectivity index (χ2n) is 2.59. The first-order valence-electron chi connectivity index (χ1n) is 3.89. The maximum Gasteiger partial charge on any atom is 0.331 e. The van der Waals surface area contributed by atoms with Crippen molar-refractivity contribution < 1.29 is 24.2 Å². The fourth-order valence-electron chi connectivity index (χ4n) is 0.660. The zero-order valence-corrected chi connectivity index (χ0v) is 7.66. The fourth-order valence-corrected chi connectivity index (χ4v) is 0.660. The highest BCUT2D eigenvalue weighted by molar-refractivity contribution is 5.89. The molecule has 14 heavy (non-hydrogen) atoms. The molecule has 0 saturated carbocycles. The van der Waals surface area contributed by atoms with Crippen LogP contribution >= 0.6 is 0 Å². The second-order valence-corrected chi connectivity index (χ2v) is 2.59. The van der Waals surface area contributed by atoms with Gasteiger partial charge in [0, 0.05) is 17.6 Å². The second kappa shape index (κ2) is 5.90. The van der Waals surface area contributed by atoms with Crippen molar-refractivity contribution in [3.05, 3.63) is 23.3 Å². The van der Waals surface area contributed by atoms with Gasteiger partial charge in [0.25, 0.3) is 0 Å². The van der Waals surface area contributed by atoms with Crippen LogP contribution in [0.2, 0.25) is 0 Å². The van der Waals surface area contributed by atoms with Crippen LogP contribution in [0.15, 0.2) is 23.3 Å². The summed E-state index contributed by atoms with van der Waals surface area (Å²) in [6, 6.07) is 0. The maximum absolute atomic E-state index is 11.8. The van der Waals surface area contributed by atoms with Crippen LogP contribution < -0.4 is 0 Å². The lowest BCUT2D eigenvalue weighted by Crippen LogP contribution is -2.01. The smallest absolute Gasteiger partial charge is 0.331 e. The molecule has 78 valence electrons. The molecule has 0 aromatic rings. The Labute approximate surface area is 80.4 Å². The summed E-state index contributed by atoms with van der Waals surface area (Å²) in [6.45, 7) is 0.547. The van der Waals surface area contributed by atoms with E-state index in [9.17, 15) is 14.0 Å². The van der Waals surface area contributed by atoms with E-state index in [1.807, 2.05) is 0 Å². The Balaban J connectivity index is 4.67. The van der Waals surface area contributed by atoms with Gasteiger partial charge in [0.15, 0.2) is 0 Å². The Kier molecular flexibility index (Phi) is 5.21. The van der Waals surface area contributed by atoms with E-state index >= 15 is 0 Å². The Morgan fingerprint density at radius 3 is 2.14 bits per heavy atom. The summed E-state index contributed by atoms with van der Waals surface area (Å²) in [5.74, 6) is -2.37. The van der Waals surface area contributed by atoms with Crippen LogP contribution in [0.25, 0.3) is 0 Å². The van der Waals surface area contributed by atoms with Gasteiger partial charge in [-0.3, -0.25) is 4.39 Å². The first kappa shape index (κ1) is 12.3. The number of hydrogen-bond acceptors (Lipinski definition) is 2. The summed E-state index contributed by atoms with van der Waals surface area (Å²) < 4.78 is 11.8. The summed E-state index contributed by atoms with van der Waals surface area (Å²) in [4.78, 5) is 20.8. The van der Waals surface area contributed by atoms with Crippen LogP contribution in [-0.2, 0) is 9.59 Å². The molecule has 0 fully saturated rings. The summed E-state index contributed by atoms with van der Waals surface area (Å²) in [5.41, 5.74) is -0.143. The van der Waals surface area contributed by atoms with Gasteiger partial charge in [-0.1, -0.05) is 12.2 Å². The highest BCUT2D eigenvalue weighted by Gasteiger charge is 2.05. The molecule has 0 bridgehead atoms. The van der Waals surface area contributed by atoms with E-state index in [0.29, 0.717) is 0 Å². The molecule has 0 radical (unpaired) electrons. The van der Waals surface area contributed by atoms with E-state index in [2.05, 4.69) is 0 Å². The lowest BCUT2D eigenvalue weighted by Gasteiger charge is -1.96. The van der Waals surface area contributed by atoms with E-state index in [-0.39, 0.29) is 17.6 Å². The Bertz CT molecular complexity index is 291. The molecule has 2 N–H and O–H groups in total. The van der Waals surface area contributed by atoms with Crippen LogP contribution in [0.1, 0.15) is 13.3 Å². The molecule has 4 nitrogen and oxygen atoms in total. The number of carbonyl (C=O) groups is 2. The third-order valence-electron chi connectivity index (χ3n) is 1.51. The van der Waals surface area contributed by atoms with Crippen LogP contribution in [-0.4, -0.2) is 28.8 Å². The van der Waals surface area contributed by atoms with Crippen molar-refractivity contribution in [1.29, 1.82) is 0 Å². The summed E-state index contributed by atoms with van der Waals surface area (Å²) in [5, 5.41) is 17.0. The predicted octanol–water partition coefficient (Wildman–Crippen LogP) is 1.39. The lowest BCUT2D eigenvalue weighted by molar-refractivity contribution is -0.133. The Morgan fingerprint density at radius 1 is 1.21 bits per heavy atom. The number of hydrogen-bond donors (Lipinski definition) is 2. The molecule has 0 rings (SSSR count). The minimum absolute atomic E-state index is 0.00241. The van der Waals surface area contributed by atoms with E-state index in [1.54, 1.807) is 0 Å². The summed E-state index contributed by atoms with van der Waals surface area (Å²) in [7, 11) is 0. The molecule has 0 heterocycles. The number of rotatable bonds is 5. The van der Waals surface area contributed by atoms with Crippen molar-refractivity contribution in [2.75, 3.05) is 6.67 Å². The average Bonchev–Trinajstić information content (AvgIpc) is 2.10. The molecule has 5 heteroatoms. The van der Waals surface area contributed by atoms with E-state index < -0.39 is 18.6 Å². The predicted molar refractivity (Wildman–Crippen MR) is 47.7 cm³/mol. The maximum atomic E-state index is 11.8. The largest absolute Gasteiger partial charge is 0.478 e. The van der Waals surface area contributed by atoms with Gasteiger partial charge in [-0.25, -0.2) is 9.59 Å². The third kappa shape index (κ3) is 4.39. The third-order valence-corrected chi connectivity index (χ3v) is 1.51. The molecule has 0 spiro atoms. The van der Waals surface area contributed by atoms with Gasteiger partial charge in [0.1, 0.15) is 0 Å². The quantitative estimate of drug-likeness (QED) is 0.521. The molecule has 0 aliphatic carbocycles. The number of carboxylic acid groups (broad SMARTS) is 2. The number of allylic oxidation sites excluding steroid dienone is 2. The molecule has 0 amide bonds.